The summed E-state index contributed by atoms with van der Waals surface area (Å²) < 4.78 is 4.99. The van der Waals surface area contributed by atoms with Crippen LogP contribution < -0.4 is 5.32 Å². The van der Waals surface area contributed by atoms with Crippen molar-refractivity contribution in [2.75, 3.05) is 13.7 Å². The van der Waals surface area contributed by atoms with Gasteiger partial charge in [-0.05, 0) is 20.8 Å². The van der Waals surface area contributed by atoms with Crippen LogP contribution in [0.5, 0.6) is 0 Å². The smallest absolute Gasteiger partial charge is 0.131 e. The summed E-state index contributed by atoms with van der Waals surface area (Å²) in [6.45, 7) is 7.91. The number of nitrogens with one attached hydrogen (secondary N) is 1. The highest BCUT2D eigenvalue weighted by Crippen LogP contribution is 2.11. The minimum absolute atomic E-state index is 0.123. The first-order valence-electron chi connectivity index (χ1n) is 5.06. The number of aromatic nitrogens is 2. The number of nitrogens with zero attached hydrogens (tertiary/aromatic N) is 2. The van der Waals surface area contributed by atoms with Crippen LogP contribution in [-0.2, 0) is 17.7 Å². The molecule has 0 amide bonds. The molecule has 1 aromatic rings. The van der Waals surface area contributed by atoms with Gasteiger partial charge in [0, 0.05) is 19.1 Å². The molecule has 1 aromatic heterocycles. The maximum absolute atomic E-state index is 4.99. The molecular formula is C10H19N3OS. The van der Waals surface area contributed by atoms with Gasteiger partial charge in [-0.15, -0.1) is 21.5 Å². The number of methoxy groups -OCH3 is 1. The number of ether oxygens (including phenoxy) is 1. The van der Waals surface area contributed by atoms with Crippen LogP contribution in [0.25, 0.3) is 0 Å². The van der Waals surface area contributed by atoms with Crippen LogP contribution >= 0.6 is 11.3 Å². The van der Waals surface area contributed by atoms with E-state index < -0.39 is 0 Å². The maximum atomic E-state index is 4.99. The highest BCUT2D eigenvalue weighted by molar-refractivity contribution is 7.11. The third-order valence-corrected chi connectivity index (χ3v) is 2.78. The van der Waals surface area contributed by atoms with E-state index in [-0.39, 0.29) is 5.54 Å². The molecule has 0 saturated carbocycles. The van der Waals surface area contributed by atoms with Crippen molar-refractivity contribution in [2.24, 2.45) is 0 Å². The Hall–Kier alpha value is -0.520. The van der Waals surface area contributed by atoms with E-state index in [1.165, 1.54) is 0 Å². The molecule has 0 fully saturated rings. The van der Waals surface area contributed by atoms with Gasteiger partial charge in [0.15, 0.2) is 0 Å². The highest BCUT2D eigenvalue weighted by atomic mass is 32.1. The zero-order valence-electron chi connectivity index (χ0n) is 9.83. The first-order chi connectivity index (χ1) is 7.01. The van der Waals surface area contributed by atoms with Gasteiger partial charge in [-0.3, -0.25) is 0 Å². The Bertz CT molecular complexity index is 293. The molecule has 0 bridgehead atoms. The summed E-state index contributed by atoms with van der Waals surface area (Å²) in [5, 5.41) is 13.7. The summed E-state index contributed by atoms with van der Waals surface area (Å²) >= 11 is 1.65. The van der Waals surface area contributed by atoms with E-state index in [4.69, 9.17) is 4.74 Å². The van der Waals surface area contributed by atoms with Gasteiger partial charge in [-0.25, -0.2) is 0 Å². The van der Waals surface area contributed by atoms with Gasteiger partial charge in [-0.2, -0.15) is 0 Å². The summed E-state index contributed by atoms with van der Waals surface area (Å²) in [5.41, 5.74) is 0.123. The number of hydrogen-bond donors (Lipinski definition) is 1. The lowest BCUT2D eigenvalue weighted by Crippen LogP contribution is -2.35. The van der Waals surface area contributed by atoms with Crippen molar-refractivity contribution >= 4 is 11.3 Å². The molecule has 0 aliphatic heterocycles. The van der Waals surface area contributed by atoms with Crippen LogP contribution in [0.4, 0.5) is 0 Å². The summed E-state index contributed by atoms with van der Waals surface area (Å²) in [6, 6.07) is 0. The third-order valence-electron chi connectivity index (χ3n) is 1.80. The predicted octanol–water partition coefficient (Wildman–Crippen LogP) is 1.62. The molecule has 0 aliphatic rings. The van der Waals surface area contributed by atoms with Crippen LogP contribution in [-0.4, -0.2) is 29.5 Å². The zero-order valence-corrected chi connectivity index (χ0v) is 10.6. The second-order valence-corrected chi connectivity index (χ2v) is 5.58. The van der Waals surface area contributed by atoms with Gasteiger partial charge in [0.05, 0.1) is 13.2 Å². The van der Waals surface area contributed by atoms with Crippen molar-refractivity contribution in [1.29, 1.82) is 0 Å². The molecular weight excluding hydrogens is 210 g/mol. The molecule has 0 spiro atoms. The summed E-state index contributed by atoms with van der Waals surface area (Å²) in [6.07, 6.45) is 0.851. The molecule has 5 heteroatoms. The standard InChI is InChI=1S/C10H19N3OS/c1-10(2,3)11-7-9-13-12-8(15-9)5-6-14-4/h11H,5-7H2,1-4H3. The molecule has 1 heterocycles. The zero-order chi connectivity index (χ0) is 11.3. The molecule has 4 nitrogen and oxygen atoms in total. The van der Waals surface area contributed by atoms with E-state index >= 15 is 0 Å². The average molecular weight is 229 g/mol. The Morgan fingerprint density at radius 2 is 1.93 bits per heavy atom. The lowest BCUT2D eigenvalue weighted by Gasteiger charge is -2.19. The van der Waals surface area contributed by atoms with Gasteiger partial charge in [-0.1, -0.05) is 0 Å². The van der Waals surface area contributed by atoms with Crippen molar-refractivity contribution in [3.05, 3.63) is 10.0 Å². The number of hydrogen-bond acceptors (Lipinski definition) is 5. The fourth-order valence-electron chi connectivity index (χ4n) is 0.991. The second kappa shape index (κ2) is 5.53. The molecule has 86 valence electrons. The molecule has 15 heavy (non-hydrogen) atoms. The fraction of sp³-hybridized carbons (Fsp3) is 0.800. The van der Waals surface area contributed by atoms with Gasteiger partial charge in [0.25, 0.3) is 0 Å². The molecule has 0 aromatic carbocycles. The Labute approximate surface area is 95.1 Å². The lowest BCUT2D eigenvalue weighted by molar-refractivity contribution is 0.202. The maximum Gasteiger partial charge on any atom is 0.131 e. The average Bonchev–Trinajstić information content (AvgIpc) is 2.58. The normalized spacial score (nSPS) is 12.0. The van der Waals surface area contributed by atoms with E-state index in [1.807, 2.05) is 0 Å². The second-order valence-electron chi connectivity index (χ2n) is 4.44. The van der Waals surface area contributed by atoms with E-state index in [0.29, 0.717) is 6.61 Å². The molecule has 0 saturated heterocycles. The quantitative estimate of drug-likeness (QED) is 0.833. The minimum atomic E-state index is 0.123. The molecule has 1 rings (SSSR count). The van der Waals surface area contributed by atoms with Crippen molar-refractivity contribution in [1.82, 2.24) is 15.5 Å². The van der Waals surface area contributed by atoms with Crippen LogP contribution in [0.15, 0.2) is 0 Å². The minimum Gasteiger partial charge on any atom is -0.384 e. The molecule has 0 aliphatic carbocycles. The Balaban J connectivity index is 2.39. The molecule has 0 atom stereocenters. The van der Waals surface area contributed by atoms with Crippen LogP contribution in [0.2, 0.25) is 0 Å². The first-order valence-corrected chi connectivity index (χ1v) is 5.88. The summed E-state index contributed by atoms with van der Waals surface area (Å²) in [5.74, 6) is 0. The highest BCUT2D eigenvalue weighted by Gasteiger charge is 2.10. The Morgan fingerprint density at radius 1 is 1.27 bits per heavy atom. The fourth-order valence-corrected chi connectivity index (χ4v) is 1.76. The predicted molar refractivity (Wildman–Crippen MR) is 62.1 cm³/mol. The summed E-state index contributed by atoms with van der Waals surface area (Å²) in [4.78, 5) is 0. The van der Waals surface area contributed by atoms with Crippen molar-refractivity contribution in [3.63, 3.8) is 0 Å². The largest absolute Gasteiger partial charge is 0.384 e. The molecule has 0 unspecified atom stereocenters. The van der Waals surface area contributed by atoms with E-state index in [0.717, 1.165) is 23.0 Å². The van der Waals surface area contributed by atoms with Gasteiger partial charge in [0.2, 0.25) is 0 Å². The van der Waals surface area contributed by atoms with Crippen molar-refractivity contribution < 1.29 is 4.74 Å². The molecule has 1 N–H and O–H groups in total. The monoisotopic (exact) mass is 229 g/mol. The summed E-state index contributed by atoms with van der Waals surface area (Å²) in [7, 11) is 1.70. The number of rotatable bonds is 5. The van der Waals surface area contributed by atoms with E-state index in [2.05, 4.69) is 36.3 Å². The Kier molecular flexibility index (Phi) is 4.63. The van der Waals surface area contributed by atoms with E-state index in [1.54, 1.807) is 18.4 Å². The lowest BCUT2D eigenvalue weighted by atomic mass is 10.1. The SMILES string of the molecule is COCCc1nnc(CNC(C)(C)C)s1. The van der Waals surface area contributed by atoms with Crippen LogP contribution in [0, 0.1) is 0 Å². The van der Waals surface area contributed by atoms with Crippen molar-refractivity contribution in [3.8, 4) is 0 Å². The van der Waals surface area contributed by atoms with Gasteiger partial charge in [0.1, 0.15) is 10.0 Å². The topological polar surface area (TPSA) is 47.0 Å². The van der Waals surface area contributed by atoms with Crippen molar-refractivity contribution in [2.45, 2.75) is 39.3 Å². The van der Waals surface area contributed by atoms with Crippen LogP contribution in [0.1, 0.15) is 30.8 Å². The Morgan fingerprint density at radius 3 is 2.53 bits per heavy atom. The van der Waals surface area contributed by atoms with Crippen LogP contribution in [0.3, 0.4) is 0 Å². The van der Waals surface area contributed by atoms with Gasteiger partial charge >= 0.3 is 0 Å². The first kappa shape index (κ1) is 12.5. The molecule has 0 radical (unpaired) electrons. The van der Waals surface area contributed by atoms with Gasteiger partial charge < -0.3 is 10.1 Å². The van der Waals surface area contributed by atoms with E-state index in [9.17, 15) is 0 Å². The third kappa shape index (κ3) is 5.20.